The number of nitrogens with one attached hydrogen (secondary N) is 2. The second-order valence-electron chi connectivity index (χ2n) is 7.44. The van der Waals surface area contributed by atoms with E-state index >= 15 is 0 Å². The Labute approximate surface area is 184 Å². The first-order valence-electron chi connectivity index (χ1n) is 10.4. The average Bonchev–Trinajstić information content (AvgIpc) is 3.51. The van der Waals surface area contributed by atoms with Crippen molar-refractivity contribution < 1.29 is 18.7 Å². The third kappa shape index (κ3) is 5.05. The van der Waals surface area contributed by atoms with Gasteiger partial charge in [-0.2, -0.15) is 5.10 Å². The fourth-order valence-corrected chi connectivity index (χ4v) is 4.99. The Kier molecular flexibility index (Phi) is 6.83. The number of methoxy groups -OCH3 is 1. The van der Waals surface area contributed by atoms with E-state index in [1.54, 1.807) is 30.1 Å². The summed E-state index contributed by atoms with van der Waals surface area (Å²) in [4.78, 5) is 27.0. The number of thiophene rings is 1. The summed E-state index contributed by atoms with van der Waals surface area (Å²) in [7, 11) is 1.64. The molecular weight excluding hydrogens is 416 g/mol. The highest BCUT2D eigenvalue weighted by Crippen LogP contribution is 2.38. The normalized spacial score (nSPS) is 13.1. The van der Waals surface area contributed by atoms with Gasteiger partial charge >= 0.3 is 0 Å². The Morgan fingerprint density at radius 1 is 1.26 bits per heavy atom. The molecule has 8 nitrogen and oxygen atoms in total. The zero-order valence-electron chi connectivity index (χ0n) is 17.5. The maximum atomic E-state index is 12.9. The fraction of sp³-hybridized carbons (Fsp3) is 0.409. The van der Waals surface area contributed by atoms with E-state index in [1.165, 1.54) is 16.2 Å². The van der Waals surface area contributed by atoms with Crippen LogP contribution in [0.3, 0.4) is 0 Å². The first-order chi connectivity index (χ1) is 15.2. The van der Waals surface area contributed by atoms with Crippen LogP contribution in [0.2, 0.25) is 0 Å². The third-order valence-corrected chi connectivity index (χ3v) is 6.41. The van der Waals surface area contributed by atoms with Crippen molar-refractivity contribution in [3.8, 4) is 0 Å². The Bertz CT molecular complexity index is 1040. The summed E-state index contributed by atoms with van der Waals surface area (Å²) in [6, 6.07) is 5.24. The van der Waals surface area contributed by atoms with Crippen LogP contribution in [0.4, 0.5) is 5.00 Å². The van der Waals surface area contributed by atoms with Crippen LogP contribution in [-0.4, -0.2) is 41.9 Å². The lowest BCUT2D eigenvalue weighted by molar-refractivity contribution is 0.0948. The molecule has 3 aromatic rings. The van der Waals surface area contributed by atoms with Crippen LogP contribution in [0, 0.1) is 0 Å². The molecule has 0 aliphatic heterocycles. The van der Waals surface area contributed by atoms with E-state index in [1.807, 2.05) is 12.3 Å². The molecule has 2 amide bonds. The highest BCUT2D eigenvalue weighted by Gasteiger charge is 2.27. The van der Waals surface area contributed by atoms with E-state index in [-0.39, 0.29) is 17.6 Å². The molecule has 3 heterocycles. The molecule has 4 rings (SSSR count). The molecule has 9 heteroatoms. The molecular formula is C22H26N4O4S. The quantitative estimate of drug-likeness (QED) is 0.495. The Morgan fingerprint density at radius 2 is 2.13 bits per heavy atom. The molecule has 0 spiro atoms. The van der Waals surface area contributed by atoms with Gasteiger partial charge in [0.25, 0.3) is 11.8 Å². The molecule has 3 aromatic heterocycles. The van der Waals surface area contributed by atoms with Gasteiger partial charge in [0.2, 0.25) is 0 Å². The zero-order chi connectivity index (χ0) is 21.6. The smallest absolute Gasteiger partial charge is 0.291 e. The van der Waals surface area contributed by atoms with Crippen molar-refractivity contribution >= 4 is 28.2 Å². The molecule has 31 heavy (non-hydrogen) atoms. The summed E-state index contributed by atoms with van der Waals surface area (Å²) in [5.74, 6) is 0.332. The van der Waals surface area contributed by atoms with Crippen LogP contribution in [0.15, 0.2) is 35.0 Å². The van der Waals surface area contributed by atoms with E-state index in [0.29, 0.717) is 36.0 Å². The summed E-state index contributed by atoms with van der Waals surface area (Å²) in [5.41, 5.74) is 1.66. The summed E-state index contributed by atoms with van der Waals surface area (Å²) < 4.78 is 12.5. The Balaban J connectivity index is 1.49. The van der Waals surface area contributed by atoms with Gasteiger partial charge in [0.1, 0.15) is 10.8 Å². The lowest BCUT2D eigenvalue weighted by Crippen LogP contribution is -2.27. The van der Waals surface area contributed by atoms with E-state index in [4.69, 9.17) is 9.15 Å². The first kappa shape index (κ1) is 21.3. The van der Waals surface area contributed by atoms with Crippen LogP contribution in [-0.2, 0) is 24.1 Å². The van der Waals surface area contributed by atoms with Crippen molar-refractivity contribution in [2.75, 3.05) is 25.6 Å². The first-order valence-corrected chi connectivity index (χ1v) is 11.3. The maximum Gasteiger partial charge on any atom is 0.291 e. The second-order valence-corrected chi connectivity index (χ2v) is 8.55. The highest BCUT2D eigenvalue weighted by molar-refractivity contribution is 7.17. The van der Waals surface area contributed by atoms with Crippen LogP contribution in [0.1, 0.15) is 56.4 Å². The lowest BCUT2D eigenvalue weighted by atomic mass is 9.95. The molecule has 2 N–H and O–H groups in total. The number of rotatable bonds is 9. The van der Waals surface area contributed by atoms with Gasteiger partial charge in [0.15, 0.2) is 5.76 Å². The van der Waals surface area contributed by atoms with E-state index in [2.05, 4.69) is 15.7 Å². The Morgan fingerprint density at radius 3 is 2.94 bits per heavy atom. The number of aryl methyl sites for hydroxylation is 1. The van der Waals surface area contributed by atoms with E-state index in [0.717, 1.165) is 37.7 Å². The van der Waals surface area contributed by atoms with Gasteiger partial charge in [-0.15, -0.1) is 11.3 Å². The van der Waals surface area contributed by atoms with Crippen LogP contribution < -0.4 is 10.6 Å². The number of fused-ring (bicyclic) bond motifs is 1. The lowest BCUT2D eigenvalue weighted by Gasteiger charge is -2.13. The number of hydrogen-bond donors (Lipinski definition) is 2. The van der Waals surface area contributed by atoms with Crippen molar-refractivity contribution in [3.63, 3.8) is 0 Å². The summed E-state index contributed by atoms with van der Waals surface area (Å²) >= 11 is 1.49. The van der Waals surface area contributed by atoms with Crippen molar-refractivity contribution in [1.29, 1.82) is 0 Å². The fourth-order valence-electron chi connectivity index (χ4n) is 3.70. The SMILES string of the molecule is COCCCNC(=O)c1c(NC(=O)c2ccc(Cn3cccn3)o2)sc2c1CCCC2. The molecule has 0 bridgehead atoms. The summed E-state index contributed by atoms with van der Waals surface area (Å²) in [6.45, 7) is 1.56. The van der Waals surface area contributed by atoms with Crippen LogP contribution in [0.5, 0.6) is 0 Å². The zero-order valence-corrected chi connectivity index (χ0v) is 18.3. The van der Waals surface area contributed by atoms with Crippen LogP contribution in [0.25, 0.3) is 0 Å². The second kappa shape index (κ2) is 9.93. The number of nitrogens with zero attached hydrogens (tertiary/aromatic N) is 2. The van der Waals surface area contributed by atoms with E-state index in [9.17, 15) is 9.59 Å². The molecule has 0 saturated carbocycles. The standard InChI is InChI=1S/C22H26N4O4S/c1-29-13-5-10-23-21(28)19-16-6-2-3-7-18(16)31-22(19)25-20(27)17-9-8-15(30-17)14-26-12-4-11-24-26/h4,8-9,11-12H,2-3,5-7,10,13-14H2,1H3,(H,23,28)(H,25,27). The van der Waals surface area contributed by atoms with Gasteiger partial charge in [0.05, 0.1) is 12.1 Å². The molecule has 0 atom stereocenters. The van der Waals surface area contributed by atoms with Crippen molar-refractivity contribution in [1.82, 2.24) is 15.1 Å². The summed E-state index contributed by atoms with van der Waals surface area (Å²) in [6.07, 6.45) is 8.21. The molecule has 0 unspecified atom stereocenters. The number of aromatic nitrogens is 2. The molecule has 0 radical (unpaired) electrons. The summed E-state index contributed by atoms with van der Waals surface area (Å²) in [5, 5.41) is 10.6. The van der Waals surface area contributed by atoms with Gasteiger partial charge in [-0.1, -0.05) is 0 Å². The number of furan rings is 1. The molecule has 0 saturated heterocycles. The van der Waals surface area contributed by atoms with Gasteiger partial charge in [-0.25, -0.2) is 0 Å². The number of anilines is 1. The monoisotopic (exact) mass is 442 g/mol. The average molecular weight is 443 g/mol. The number of carbonyl (C=O) groups excluding carboxylic acids is 2. The van der Waals surface area contributed by atoms with Crippen LogP contribution >= 0.6 is 11.3 Å². The minimum absolute atomic E-state index is 0.149. The van der Waals surface area contributed by atoms with Crippen molar-refractivity contribution in [3.05, 3.63) is 58.1 Å². The topological polar surface area (TPSA) is 98.4 Å². The predicted molar refractivity (Wildman–Crippen MR) is 118 cm³/mol. The minimum atomic E-state index is -0.362. The number of amides is 2. The number of carbonyl (C=O) groups is 2. The maximum absolute atomic E-state index is 12.9. The van der Waals surface area contributed by atoms with Gasteiger partial charge in [-0.05, 0) is 55.9 Å². The minimum Gasteiger partial charge on any atom is -0.454 e. The third-order valence-electron chi connectivity index (χ3n) is 5.20. The van der Waals surface area contributed by atoms with Gasteiger partial charge in [0, 0.05) is 37.5 Å². The van der Waals surface area contributed by atoms with Gasteiger partial charge in [-0.3, -0.25) is 14.3 Å². The molecule has 1 aliphatic carbocycles. The highest BCUT2D eigenvalue weighted by atomic mass is 32.1. The molecule has 0 aromatic carbocycles. The van der Waals surface area contributed by atoms with Gasteiger partial charge < -0.3 is 19.8 Å². The van der Waals surface area contributed by atoms with E-state index < -0.39 is 0 Å². The number of ether oxygens (including phenoxy) is 1. The molecule has 1 aliphatic rings. The largest absolute Gasteiger partial charge is 0.454 e. The molecule has 164 valence electrons. The molecule has 0 fully saturated rings. The predicted octanol–water partition coefficient (Wildman–Crippen LogP) is 3.48. The Hall–Kier alpha value is -2.91. The van der Waals surface area contributed by atoms with Crippen molar-refractivity contribution in [2.24, 2.45) is 0 Å². The number of hydrogen-bond acceptors (Lipinski definition) is 6. The van der Waals surface area contributed by atoms with Crippen molar-refractivity contribution in [2.45, 2.75) is 38.6 Å².